The molecule has 0 saturated heterocycles. The molecular formula is C13H16F2N2O2. The number of amides is 1. The van der Waals surface area contributed by atoms with Crippen LogP contribution in [0, 0.1) is 5.92 Å². The van der Waals surface area contributed by atoms with E-state index >= 15 is 0 Å². The molecule has 0 heterocycles. The van der Waals surface area contributed by atoms with Crippen LogP contribution in [0.2, 0.25) is 0 Å². The van der Waals surface area contributed by atoms with E-state index in [1.54, 1.807) is 0 Å². The number of hydrogen-bond donors (Lipinski definition) is 2. The molecule has 0 aliphatic heterocycles. The SMILES string of the molecule is O=C(CNCC1CC1)Nc1ccc(OC(F)F)cc1. The van der Waals surface area contributed by atoms with Crippen molar-refractivity contribution in [2.45, 2.75) is 19.5 Å². The first-order valence-electron chi connectivity index (χ1n) is 6.19. The molecule has 1 aromatic rings. The molecule has 0 unspecified atom stereocenters. The number of alkyl halides is 2. The molecule has 19 heavy (non-hydrogen) atoms. The van der Waals surface area contributed by atoms with Gasteiger partial charge in [-0.2, -0.15) is 8.78 Å². The molecule has 104 valence electrons. The highest BCUT2D eigenvalue weighted by atomic mass is 19.3. The summed E-state index contributed by atoms with van der Waals surface area (Å²) < 4.78 is 28.1. The molecule has 1 aromatic carbocycles. The predicted molar refractivity (Wildman–Crippen MR) is 67.3 cm³/mol. The molecular weight excluding hydrogens is 254 g/mol. The number of ether oxygens (including phenoxy) is 1. The molecule has 0 atom stereocenters. The van der Waals surface area contributed by atoms with Gasteiger partial charge >= 0.3 is 6.61 Å². The first kappa shape index (κ1) is 13.7. The summed E-state index contributed by atoms with van der Waals surface area (Å²) in [6.07, 6.45) is 2.47. The summed E-state index contributed by atoms with van der Waals surface area (Å²) in [6.45, 7) is -1.72. The summed E-state index contributed by atoms with van der Waals surface area (Å²) in [5.41, 5.74) is 0.555. The summed E-state index contributed by atoms with van der Waals surface area (Å²) >= 11 is 0. The van der Waals surface area contributed by atoms with Crippen LogP contribution < -0.4 is 15.4 Å². The Morgan fingerprint density at radius 1 is 1.32 bits per heavy atom. The van der Waals surface area contributed by atoms with Gasteiger partial charge in [0.1, 0.15) is 5.75 Å². The molecule has 0 aromatic heterocycles. The Morgan fingerprint density at radius 2 is 2.00 bits per heavy atom. The van der Waals surface area contributed by atoms with Gasteiger partial charge in [-0.1, -0.05) is 0 Å². The van der Waals surface area contributed by atoms with Crippen LogP contribution in [-0.4, -0.2) is 25.6 Å². The molecule has 6 heteroatoms. The van der Waals surface area contributed by atoms with Gasteiger partial charge in [0.05, 0.1) is 6.54 Å². The van der Waals surface area contributed by atoms with Crippen LogP contribution in [0.4, 0.5) is 14.5 Å². The first-order valence-corrected chi connectivity index (χ1v) is 6.19. The lowest BCUT2D eigenvalue weighted by atomic mass is 10.3. The maximum Gasteiger partial charge on any atom is 0.387 e. The van der Waals surface area contributed by atoms with Crippen LogP contribution in [0.15, 0.2) is 24.3 Å². The topological polar surface area (TPSA) is 50.4 Å². The van der Waals surface area contributed by atoms with Crippen molar-refractivity contribution in [1.82, 2.24) is 5.32 Å². The van der Waals surface area contributed by atoms with E-state index in [1.165, 1.54) is 37.1 Å². The van der Waals surface area contributed by atoms with E-state index < -0.39 is 6.61 Å². The molecule has 0 spiro atoms. The van der Waals surface area contributed by atoms with Gasteiger partial charge in [0.15, 0.2) is 0 Å². The number of anilines is 1. The van der Waals surface area contributed by atoms with Crippen LogP contribution in [0.1, 0.15) is 12.8 Å². The maximum atomic E-state index is 11.9. The smallest absolute Gasteiger partial charge is 0.387 e. The highest BCUT2D eigenvalue weighted by molar-refractivity contribution is 5.92. The maximum absolute atomic E-state index is 11.9. The van der Waals surface area contributed by atoms with Gasteiger partial charge in [-0.25, -0.2) is 0 Å². The molecule has 0 bridgehead atoms. The van der Waals surface area contributed by atoms with Crippen molar-refractivity contribution in [3.05, 3.63) is 24.3 Å². The van der Waals surface area contributed by atoms with E-state index in [2.05, 4.69) is 15.4 Å². The first-order chi connectivity index (χ1) is 9.13. The number of halogens is 2. The van der Waals surface area contributed by atoms with E-state index in [0.29, 0.717) is 5.69 Å². The van der Waals surface area contributed by atoms with Crippen LogP contribution in [0.3, 0.4) is 0 Å². The van der Waals surface area contributed by atoms with E-state index in [4.69, 9.17) is 0 Å². The third kappa shape index (κ3) is 5.21. The van der Waals surface area contributed by atoms with Crippen LogP contribution >= 0.6 is 0 Å². The standard InChI is InChI=1S/C13H16F2N2O2/c14-13(15)19-11-5-3-10(4-6-11)17-12(18)8-16-7-9-1-2-9/h3-6,9,13,16H,1-2,7-8H2,(H,17,18). The lowest BCUT2D eigenvalue weighted by molar-refractivity contribution is -0.115. The lowest BCUT2D eigenvalue weighted by Gasteiger charge is -2.08. The fourth-order valence-corrected chi connectivity index (χ4v) is 1.64. The molecule has 1 aliphatic carbocycles. The fourth-order valence-electron chi connectivity index (χ4n) is 1.64. The molecule has 1 fully saturated rings. The molecule has 1 amide bonds. The summed E-state index contributed by atoms with van der Waals surface area (Å²) in [7, 11) is 0. The van der Waals surface area contributed by atoms with E-state index in [-0.39, 0.29) is 18.2 Å². The van der Waals surface area contributed by atoms with Crippen molar-refractivity contribution in [3.63, 3.8) is 0 Å². The minimum Gasteiger partial charge on any atom is -0.435 e. The zero-order valence-electron chi connectivity index (χ0n) is 10.4. The minimum atomic E-state index is -2.84. The van der Waals surface area contributed by atoms with Crippen molar-refractivity contribution >= 4 is 11.6 Å². The van der Waals surface area contributed by atoms with Gasteiger partial charge in [0.25, 0.3) is 0 Å². The van der Waals surface area contributed by atoms with Crippen molar-refractivity contribution in [1.29, 1.82) is 0 Å². The van der Waals surface area contributed by atoms with Gasteiger partial charge in [0, 0.05) is 5.69 Å². The summed E-state index contributed by atoms with van der Waals surface area (Å²) in [4.78, 5) is 11.6. The van der Waals surface area contributed by atoms with E-state index in [0.717, 1.165) is 12.5 Å². The van der Waals surface area contributed by atoms with E-state index in [1.807, 2.05) is 0 Å². The number of hydrogen-bond acceptors (Lipinski definition) is 3. The van der Waals surface area contributed by atoms with Gasteiger partial charge in [0.2, 0.25) is 5.91 Å². The summed E-state index contributed by atoms with van der Waals surface area (Å²) in [5, 5.41) is 5.74. The number of carbonyl (C=O) groups excluding carboxylic acids is 1. The second kappa shape index (κ2) is 6.47. The van der Waals surface area contributed by atoms with Gasteiger partial charge < -0.3 is 15.4 Å². The summed E-state index contributed by atoms with van der Waals surface area (Å²) in [6, 6.07) is 5.83. The number of rotatable bonds is 7. The van der Waals surface area contributed by atoms with E-state index in [9.17, 15) is 13.6 Å². The molecule has 1 saturated carbocycles. The predicted octanol–water partition coefficient (Wildman–Crippen LogP) is 2.23. The normalized spacial score (nSPS) is 14.5. The molecule has 0 radical (unpaired) electrons. The monoisotopic (exact) mass is 270 g/mol. The zero-order valence-corrected chi connectivity index (χ0v) is 10.4. The van der Waals surface area contributed by atoms with Gasteiger partial charge in [-0.15, -0.1) is 0 Å². The van der Waals surface area contributed by atoms with Crippen LogP contribution in [0.25, 0.3) is 0 Å². The molecule has 2 rings (SSSR count). The van der Waals surface area contributed by atoms with Crippen molar-refractivity contribution in [3.8, 4) is 5.75 Å². The molecule has 4 nitrogen and oxygen atoms in total. The third-order valence-corrected chi connectivity index (χ3v) is 2.78. The number of carbonyl (C=O) groups is 1. The Morgan fingerprint density at radius 3 is 2.58 bits per heavy atom. The Kier molecular flexibility index (Phi) is 4.68. The highest BCUT2D eigenvalue weighted by Gasteiger charge is 2.20. The van der Waals surface area contributed by atoms with Crippen molar-refractivity contribution in [2.75, 3.05) is 18.4 Å². The van der Waals surface area contributed by atoms with Gasteiger partial charge in [-0.3, -0.25) is 4.79 Å². The average Bonchev–Trinajstić information content (AvgIpc) is 3.15. The Bertz CT molecular complexity index is 419. The molecule has 2 N–H and O–H groups in total. The Balaban J connectivity index is 1.72. The Labute approximate surface area is 110 Å². The number of benzene rings is 1. The second-order valence-corrected chi connectivity index (χ2v) is 4.53. The average molecular weight is 270 g/mol. The largest absolute Gasteiger partial charge is 0.435 e. The van der Waals surface area contributed by atoms with Crippen LogP contribution in [-0.2, 0) is 4.79 Å². The third-order valence-electron chi connectivity index (χ3n) is 2.78. The lowest BCUT2D eigenvalue weighted by Crippen LogP contribution is -2.29. The fraction of sp³-hybridized carbons (Fsp3) is 0.462. The zero-order chi connectivity index (χ0) is 13.7. The minimum absolute atomic E-state index is 0.0693. The second-order valence-electron chi connectivity index (χ2n) is 4.53. The quantitative estimate of drug-likeness (QED) is 0.798. The van der Waals surface area contributed by atoms with Crippen molar-refractivity contribution < 1.29 is 18.3 Å². The Hall–Kier alpha value is -1.69. The van der Waals surface area contributed by atoms with Crippen LogP contribution in [0.5, 0.6) is 5.75 Å². The summed E-state index contributed by atoms with van der Waals surface area (Å²) in [5.74, 6) is 0.640. The highest BCUT2D eigenvalue weighted by Crippen LogP contribution is 2.27. The molecule has 1 aliphatic rings. The number of nitrogens with one attached hydrogen (secondary N) is 2. The van der Waals surface area contributed by atoms with Crippen molar-refractivity contribution in [2.24, 2.45) is 5.92 Å². The van der Waals surface area contributed by atoms with Gasteiger partial charge in [-0.05, 0) is 49.6 Å².